The third-order valence-electron chi connectivity index (χ3n) is 5.86. The molecule has 2 aromatic rings. The van der Waals surface area contributed by atoms with Crippen molar-refractivity contribution in [1.82, 2.24) is 20.1 Å². The number of hydrogen-bond donors (Lipinski definition) is 1. The minimum Gasteiger partial charge on any atom is -0.353 e. The Balaban J connectivity index is 1.38. The number of nitrogens with zero attached hydrogens (tertiary/aromatic N) is 3. The van der Waals surface area contributed by atoms with Gasteiger partial charge < -0.3 is 10.2 Å². The third-order valence-corrected chi connectivity index (χ3v) is 5.86. The van der Waals surface area contributed by atoms with Crippen molar-refractivity contribution >= 4 is 11.8 Å². The Kier molecular flexibility index (Phi) is 5.39. The van der Waals surface area contributed by atoms with Crippen LogP contribution < -0.4 is 5.32 Å². The van der Waals surface area contributed by atoms with E-state index in [1.54, 1.807) is 12.4 Å². The van der Waals surface area contributed by atoms with Crippen molar-refractivity contribution in [2.75, 3.05) is 26.2 Å². The SMILES string of the molecule is Cc1ccccc1CN1CCNC(=O)C1CC(=O)N1CC(c2ccncc2)C1. The van der Waals surface area contributed by atoms with E-state index in [-0.39, 0.29) is 18.2 Å². The summed E-state index contributed by atoms with van der Waals surface area (Å²) in [5, 5.41) is 2.92. The summed E-state index contributed by atoms with van der Waals surface area (Å²) in [4.78, 5) is 33.3. The lowest BCUT2D eigenvalue weighted by atomic mass is 9.91. The van der Waals surface area contributed by atoms with Gasteiger partial charge in [0.2, 0.25) is 11.8 Å². The summed E-state index contributed by atoms with van der Waals surface area (Å²) in [5.41, 5.74) is 3.63. The van der Waals surface area contributed by atoms with Gasteiger partial charge in [0.15, 0.2) is 0 Å². The van der Waals surface area contributed by atoms with Crippen LogP contribution in [0.3, 0.4) is 0 Å². The maximum Gasteiger partial charge on any atom is 0.237 e. The fourth-order valence-corrected chi connectivity index (χ4v) is 4.00. The molecule has 6 heteroatoms. The van der Waals surface area contributed by atoms with Gasteiger partial charge in [-0.3, -0.25) is 19.5 Å². The molecule has 2 aliphatic heterocycles. The quantitative estimate of drug-likeness (QED) is 0.860. The topological polar surface area (TPSA) is 65.5 Å². The molecule has 2 fully saturated rings. The Labute approximate surface area is 165 Å². The van der Waals surface area contributed by atoms with E-state index in [9.17, 15) is 9.59 Å². The lowest BCUT2D eigenvalue weighted by Crippen LogP contribution is -2.57. The van der Waals surface area contributed by atoms with Gasteiger partial charge in [-0.05, 0) is 35.7 Å². The van der Waals surface area contributed by atoms with Crippen LogP contribution in [0.25, 0.3) is 0 Å². The fourth-order valence-electron chi connectivity index (χ4n) is 4.00. The van der Waals surface area contributed by atoms with Gasteiger partial charge in [-0.2, -0.15) is 0 Å². The second-order valence-corrected chi connectivity index (χ2v) is 7.68. The number of benzene rings is 1. The van der Waals surface area contributed by atoms with Crippen LogP contribution in [-0.2, 0) is 16.1 Å². The highest BCUT2D eigenvalue weighted by atomic mass is 16.2. The Morgan fingerprint density at radius 3 is 2.68 bits per heavy atom. The monoisotopic (exact) mass is 378 g/mol. The van der Waals surface area contributed by atoms with Crippen LogP contribution in [-0.4, -0.2) is 58.8 Å². The number of carbonyl (C=O) groups excluding carboxylic acids is 2. The van der Waals surface area contributed by atoms with Crippen LogP contribution in [0.15, 0.2) is 48.8 Å². The highest BCUT2D eigenvalue weighted by molar-refractivity contribution is 5.89. The van der Waals surface area contributed by atoms with Crippen molar-refractivity contribution in [3.63, 3.8) is 0 Å². The zero-order valence-electron chi connectivity index (χ0n) is 16.2. The van der Waals surface area contributed by atoms with Gasteiger partial charge in [-0.1, -0.05) is 24.3 Å². The zero-order chi connectivity index (χ0) is 19.5. The molecule has 3 heterocycles. The van der Waals surface area contributed by atoms with E-state index in [0.29, 0.717) is 19.0 Å². The predicted octanol–water partition coefficient (Wildman–Crippen LogP) is 1.71. The maximum atomic E-state index is 12.8. The van der Waals surface area contributed by atoms with Crippen molar-refractivity contribution in [2.24, 2.45) is 0 Å². The third kappa shape index (κ3) is 3.92. The minimum atomic E-state index is -0.402. The van der Waals surface area contributed by atoms with Gasteiger partial charge in [-0.25, -0.2) is 0 Å². The first kappa shape index (κ1) is 18.6. The molecule has 1 aromatic heterocycles. The van der Waals surface area contributed by atoms with E-state index < -0.39 is 6.04 Å². The smallest absolute Gasteiger partial charge is 0.237 e. The Morgan fingerprint density at radius 2 is 1.93 bits per heavy atom. The summed E-state index contributed by atoms with van der Waals surface area (Å²) in [6, 6.07) is 11.8. The molecule has 0 aliphatic carbocycles. The van der Waals surface area contributed by atoms with E-state index >= 15 is 0 Å². The lowest BCUT2D eigenvalue weighted by molar-refractivity contribution is -0.142. The highest BCUT2D eigenvalue weighted by Crippen LogP contribution is 2.28. The number of pyridine rings is 1. The van der Waals surface area contributed by atoms with Gasteiger partial charge in [0, 0.05) is 51.0 Å². The van der Waals surface area contributed by atoms with Crippen molar-refractivity contribution in [3.8, 4) is 0 Å². The molecule has 0 radical (unpaired) electrons. The molecule has 0 bridgehead atoms. The zero-order valence-corrected chi connectivity index (χ0v) is 16.2. The number of rotatable bonds is 5. The van der Waals surface area contributed by atoms with E-state index in [1.165, 1.54) is 16.7 Å². The molecule has 6 nitrogen and oxygen atoms in total. The number of nitrogens with one attached hydrogen (secondary N) is 1. The van der Waals surface area contributed by atoms with Crippen molar-refractivity contribution in [1.29, 1.82) is 0 Å². The Bertz CT molecular complexity index is 849. The van der Waals surface area contributed by atoms with Gasteiger partial charge in [-0.15, -0.1) is 0 Å². The average molecular weight is 378 g/mol. The molecule has 2 aliphatic rings. The van der Waals surface area contributed by atoms with Crippen LogP contribution in [0.1, 0.15) is 29.0 Å². The van der Waals surface area contributed by atoms with Gasteiger partial charge in [0.25, 0.3) is 0 Å². The number of hydrogen-bond acceptors (Lipinski definition) is 4. The summed E-state index contributed by atoms with van der Waals surface area (Å²) in [6.07, 6.45) is 3.81. The van der Waals surface area contributed by atoms with Crippen LogP contribution >= 0.6 is 0 Å². The molecule has 4 rings (SSSR count). The second kappa shape index (κ2) is 8.10. The minimum absolute atomic E-state index is 0.0422. The first-order chi connectivity index (χ1) is 13.6. The van der Waals surface area contributed by atoms with Gasteiger partial charge in [0.05, 0.1) is 12.5 Å². The Morgan fingerprint density at radius 1 is 1.18 bits per heavy atom. The van der Waals surface area contributed by atoms with Crippen molar-refractivity contribution in [3.05, 3.63) is 65.5 Å². The molecule has 2 amide bonds. The molecular formula is C22H26N4O2. The summed E-state index contributed by atoms with van der Waals surface area (Å²) >= 11 is 0. The summed E-state index contributed by atoms with van der Waals surface area (Å²) in [6.45, 7) is 5.60. The van der Waals surface area contributed by atoms with Crippen molar-refractivity contribution < 1.29 is 9.59 Å². The maximum absolute atomic E-state index is 12.8. The Hall–Kier alpha value is -2.73. The number of aromatic nitrogens is 1. The lowest BCUT2D eigenvalue weighted by Gasteiger charge is -2.41. The second-order valence-electron chi connectivity index (χ2n) is 7.68. The number of likely N-dealkylation sites (tertiary alicyclic amines) is 1. The molecule has 146 valence electrons. The van der Waals surface area contributed by atoms with Crippen LogP contribution in [0.4, 0.5) is 0 Å². The first-order valence-electron chi connectivity index (χ1n) is 9.86. The molecule has 1 N–H and O–H groups in total. The average Bonchev–Trinajstić information content (AvgIpc) is 2.66. The van der Waals surface area contributed by atoms with Crippen LogP contribution in [0.2, 0.25) is 0 Å². The normalized spacial score (nSPS) is 20.5. The standard InChI is InChI=1S/C22H26N4O2/c1-16-4-2-3-5-18(16)13-25-11-10-24-22(28)20(25)12-21(27)26-14-19(15-26)17-6-8-23-9-7-17/h2-9,19-20H,10-15H2,1H3,(H,24,28). The molecule has 2 saturated heterocycles. The molecular weight excluding hydrogens is 352 g/mol. The van der Waals surface area contributed by atoms with Crippen LogP contribution in [0.5, 0.6) is 0 Å². The molecule has 0 saturated carbocycles. The largest absolute Gasteiger partial charge is 0.353 e. The molecule has 1 atom stereocenters. The van der Waals surface area contributed by atoms with E-state index in [0.717, 1.165) is 19.6 Å². The number of carbonyl (C=O) groups is 2. The van der Waals surface area contributed by atoms with Crippen molar-refractivity contribution in [2.45, 2.75) is 31.8 Å². The molecule has 0 spiro atoms. The van der Waals surface area contributed by atoms with E-state index in [4.69, 9.17) is 0 Å². The van der Waals surface area contributed by atoms with E-state index in [2.05, 4.69) is 34.3 Å². The summed E-state index contributed by atoms with van der Waals surface area (Å²) in [7, 11) is 0. The summed E-state index contributed by atoms with van der Waals surface area (Å²) < 4.78 is 0. The summed E-state index contributed by atoms with van der Waals surface area (Å²) in [5.74, 6) is 0.386. The van der Waals surface area contributed by atoms with Crippen LogP contribution in [0, 0.1) is 6.92 Å². The van der Waals surface area contributed by atoms with Gasteiger partial charge >= 0.3 is 0 Å². The van der Waals surface area contributed by atoms with Gasteiger partial charge in [0.1, 0.15) is 0 Å². The molecule has 1 unspecified atom stereocenters. The van der Waals surface area contributed by atoms with E-state index in [1.807, 2.05) is 29.2 Å². The number of piperazine rings is 1. The predicted molar refractivity (Wildman–Crippen MR) is 107 cm³/mol. The first-order valence-corrected chi connectivity index (χ1v) is 9.86. The fraction of sp³-hybridized carbons (Fsp3) is 0.409. The highest BCUT2D eigenvalue weighted by Gasteiger charge is 2.37. The number of aryl methyl sites for hydroxylation is 1. The number of amides is 2. The molecule has 28 heavy (non-hydrogen) atoms. The molecule has 1 aromatic carbocycles.